The van der Waals surface area contributed by atoms with Crippen LogP contribution in [-0.4, -0.2) is 35.6 Å². The Labute approximate surface area is 161 Å². The van der Waals surface area contributed by atoms with Crippen molar-refractivity contribution in [1.82, 2.24) is 14.9 Å². The summed E-state index contributed by atoms with van der Waals surface area (Å²) in [6, 6.07) is 1.84. The van der Waals surface area contributed by atoms with Crippen molar-refractivity contribution in [2.75, 3.05) is 6.26 Å². The molecule has 4 rings (SSSR count). The van der Waals surface area contributed by atoms with Crippen LogP contribution in [0.3, 0.4) is 0 Å². The van der Waals surface area contributed by atoms with E-state index in [0.29, 0.717) is 32.0 Å². The van der Waals surface area contributed by atoms with Gasteiger partial charge < -0.3 is 0 Å². The molecule has 2 heterocycles. The van der Waals surface area contributed by atoms with Crippen molar-refractivity contribution in [3.8, 4) is 0 Å². The first kappa shape index (κ1) is 19.3. The molecule has 9 heteroatoms. The van der Waals surface area contributed by atoms with Gasteiger partial charge in [-0.15, -0.1) is 0 Å². The van der Waals surface area contributed by atoms with Crippen molar-refractivity contribution in [3.63, 3.8) is 0 Å². The van der Waals surface area contributed by atoms with Gasteiger partial charge in [0.05, 0.1) is 5.69 Å². The Morgan fingerprint density at radius 2 is 1.68 bits per heavy atom. The Kier molecular flexibility index (Phi) is 4.91. The Morgan fingerprint density at radius 3 is 2.36 bits per heavy atom. The summed E-state index contributed by atoms with van der Waals surface area (Å²) in [4.78, 5) is 10.4. The molecule has 1 aliphatic carbocycles. The number of nitrogens with zero attached hydrogens (tertiary/aromatic N) is 3. The number of sulfone groups is 1. The fourth-order valence-electron chi connectivity index (χ4n) is 4.20. The molecule has 1 fully saturated rings. The molecule has 28 heavy (non-hydrogen) atoms. The van der Waals surface area contributed by atoms with Crippen LogP contribution in [0.25, 0.3) is 0 Å². The SMILES string of the molecule is CS(=O)(=O)c1ncc2c(n1)CN(C1CCC(c3cc(F)c(F)cc3F)CC1)C2. The van der Waals surface area contributed by atoms with E-state index in [-0.39, 0.29) is 22.7 Å². The fourth-order valence-corrected chi connectivity index (χ4v) is 4.72. The molecule has 2 aromatic rings. The predicted molar refractivity (Wildman–Crippen MR) is 95.7 cm³/mol. The van der Waals surface area contributed by atoms with Crippen LogP contribution in [0.15, 0.2) is 23.5 Å². The van der Waals surface area contributed by atoms with Gasteiger partial charge >= 0.3 is 0 Å². The predicted octanol–water partition coefficient (Wildman–Crippen LogP) is 3.34. The van der Waals surface area contributed by atoms with E-state index < -0.39 is 27.3 Å². The summed E-state index contributed by atoms with van der Waals surface area (Å²) in [7, 11) is -3.45. The summed E-state index contributed by atoms with van der Waals surface area (Å²) in [6.45, 7) is 1.20. The fraction of sp³-hybridized carbons (Fsp3) is 0.474. The molecule has 1 aromatic carbocycles. The molecule has 0 bridgehead atoms. The highest BCUT2D eigenvalue weighted by atomic mass is 32.2. The average Bonchev–Trinajstić information content (AvgIpc) is 3.07. The van der Waals surface area contributed by atoms with Gasteiger partial charge in [-0.05, 0) is 43.2 Å². The van der Waals surface area contributed by atoms with Crippen LogP contribution in [0, 0.1) is 17.5 Å². The minimum atomic E-state index is -3.45. The topological polar surface area (TPSA) is 63.2 Å². The van der Waals surface area contributed by atoms with Crippen LogP contribution in [0.5, 0.6) is 0 Å². The van der Waals surface area contributed by atoms with Gasteiger partial charge in [0, 0.05) is 43.2 Å². The largest absolute Gasteiger partial charge is 0.290 e. The van der Waals surface area contributed by atoms with Crippen LogP contribution in [-0.2, 0) is 22.9 Å². The molecule has 150 valence electrons. The number of rotatable bonds is 3. The minimum absolute atomic E-state index is 0.132. The lowest BCUT2D eigenvalue weighted by Gasteiger charge is -2.34. The summed E-state index contributed by atoms with van der Waals surface area (Å²) in [5, 5.41) is -0.161. The summed E-state index contributed by atoms with van der Waals surface area (Å²) < 4.78 is 64.0. The van der Waals surface area contributed by atoms with Crippen molar-refractivity contribution in [1.29, 1.82) is 0 Å². The molecule has 0 atom stereocenters. The lowest BCUT2D eigenvalue weighted by molar-refractivity contribution is 0.147. The van der Waals surface area contributed by atoms with Gasteiger partial charge in [-0.3, -0.25) is 4.90 Å². The maximum absolute atomic E-state index is 14.0. The molecule has 0 amide bonds. The summed E-state index contributed by atoms with van der Waals surface area (Å²) in [5.74, 6) is -3.01. The standard InChI is InChI=1S/C19H20F3N3O2S/c1-28(26,27)19-23-8-12-9-25(10-18(12)24-19)13-4-2-11(3-5-13)14-6-16(21)17(22)7-15(14)20/h6-8,11,13H,2-5,9-10H2,1H3. The second-order valence-corrected chi connectivity index (χ2v) is 9.50. The number of aromatic nitrogens is 2. The minimum Gasteiger partial charge on any atom is -0.290 e. The van der Waals surface area contributed by atoms with E-state index in [1.54, 1.807) is 6.20 Å². The highest BCUT2D eigenvalue weighted by molar-refractivity contribution is 7.90. The van der Waals surface area contributed by atoms with Crippen molar-refractivity contribution in [2.24, 2.45) is 0 Å². The first-order valence-electron chi connectivity index (χ1n) is 9.15. The van der Waals surface area contributed by atoms with Crippen LogP contribution < -0.4 is 0 Å². The van der Waals surface area contributed by atoms with E-state index >= 15 is 0 Å². The van der Waals surface area contributed by atoms with Crippen LogP contribution in [0.4, 0.5) is 13.2 Å². The summed E-state index contributed by atoms with van der Waals surface area (Å²) >= 11 is 0. The number of benzene rings is 1. The van der Waals surface area contributed by atoms with Gasteiger partial charge in [0.25, 0.3) is 0 Å². The lowest BCUT2D eigenvalue weighted by Crippen LogP contribution is -2.34. The van der Waals surface area contributed by atoms with Crippen LogP contribution in [0.2, 0.25) is 0 Å². The molecule has 5 nitrogen and oxygen atoms in total. The quantitative estimate of drug-likeness (QED) is 0.573. The van der Waals surface area contributed by atoms with Gasteiger partial charge in [0.15, 0.2) is 11.6 Å². The molecule has 0 spiro atoms. The third kappa shape index (κ3) is 3.65. The molecule has 1 aliphatic heterocycles. The van der Waals surface area contributed by atoms with Crippen molar-refractivity contribution in [3.05, 3.63) is 52.6 Å². The number of fused-ring (bicyclic) bond motifs is 1. The Hall–Kier alpha value is -2.00. The summed E-state index contributed by atoms with van der Waals surface area (Å²) in [5.41, 5.74) is 1.89. The number of hydrogen-bond acceptors (Lipinski definition) is 5. The van der Waals surface area contributed by atoms with E-state index in [2.05, 4.69) is 14.9 Å². The third-order valence-electron chi connectivity index (χ3n) is 5.68. The summed E-state index contributed by atoms with van der Waals surface area (Å²) in [6.07, 6.45) is 5.60. The Balaban J connectivity index is 1.43. The number of halogens is 3. The van der Waals surface area contributed by atoms with Gasteiger partial charge in [0.1, 0.15) is 5.82 Å². The second-order valence-electron chi connectivity index (χ2n) is 7.59. The Morgan fingerprint density at radius 1 is 1.00 bits per heavy atom. The number of hydrogen-bond donors (Lipinski definition) is 0. The molecular formula is C19H20F3N3O2S. The monoisotopic (exact) mass is 411 g/mol. The van der Waals surface area contributed by atoms with E-state index in [1.807, 2.05) is 0 Å². The zero-order valence-electron chi connectivity index (χ0n) is 15.3. The van der Waals surface area contributed by atoms with Gasteiger partial charge in [0.2, 0.25) is 15.0 Å². The average molecular weight is 411 g/mol. The molecule has 2 aliphatic rings. The molecule has 1 saturated carbocycles. The van der Waals surface area contributed by atoms with E-state index in [0.717, 1.165) is 36.4 Å². The highest BCUT2D eigenvalue weighted by Gasteiger charge is 2.32. The smallest absolute Gasteiger partial charge is 0.247 e. The molecular weight excluding hydrogens is 391 g/mol. The van der Waals surface area contributed by atoms with Crippen molar-refractivity contribution >= 4 is 9.84 Å². The molecule has 0 radical (unpaired) electrons. The molecule has 0 unspecified atom stereocenters. The molecule has 1 aromatic heterocycles. The maximum atomic E-state index is 14.0. The van der Waals surface area contributed by atoms with E-state index in [9.17, 15) is 21.6 Å². The first-order chi connectivity index (χ1) is 13.2. The van der Waals surface area contributed by atoms with Crippen molar-refractivity contribution < 1.29 is 21.6 Å². The second kappa shape index (κ2) is 7.11. The zero-order valence-corrected chi connectivity index (χ0v) is 16.1. The van der Waals surface area contributed by atoms with Crippen LogP contribution in [0.1, 0.15) is 48.4 Å². The Bertz CT molecular complexity index is 1020. The van der Waals surface area contributed by atoms with Gasteiger partial charge in [-0.2, -0.15) is 0 Å². The van der Waals surface area contributed by atoms with Crippen LogP contribution >= 0.6 is 0 Å². The zero-order chi connectivity index (χ0) is 20.1. The highest BCUT2D eigenvalue weighted by Crippen LogP contribution is 2.38. The third-order valence-corrected chi connectivity index (χ3v) is 6.54. The molecule has 0 N–H and O–H groups in total. The van der Waals surface area contributed by atoms with Gasteiger partial charge in [-0.1, -0.05) is 0 Å². The first-order valence-corrected chi connectivity index (χ1v) is 11.0. The van der Waals surface area contributed by atoms with Gasteiger partial charge in [-0.25, -0.2) is 31.6 Å². The van der Waals surface area contributed by atoms with Crippen molar-refractivity contribution in [2.45, 2.75) is 55.9 Å². The lowest BCUT2D eigenvalue weighted by atomic mass is 9.81. The van der Waals surface area contributed by atoms with E-state index in [1.165, 1.54) is 0 Å². The molecule has 0 saturated heterocycles. The maximum Gasteiger partial charge on any atom is 0.247 e. The van der Waals surface area contributed by atoms with E-state index in [4.69, 9.17) is 0 Å². The normalized spacial score (nSPS) is 23.0.